The first kappa shape index (κ1) is 15.3. The molecule has 1 fully saturated rings. The molecule has 2 unspecified atom stereocenters. The molecule has 0 heterocycles. The predicted octanol–water partition coefficient (Wildman–Crippen LogP) is 5.16. The quantitative estimate of drug-likeness (QED) is 0.394. The number of alkyl halides is 1. The lowest BCUT2D eigenvalue weighted by molar-refractivity contribution is 0.0416. The van der Waals surface area contributed by atoms with Gasteiger partial charge in [0.25, 0.3) is 0 Å². The molecule has 19 heavy (non-hydrogen) atoms. The van der Waals surface area contributed by atoms with Crippen LogP contribution >= 0.6 is 22.6 Å². The molecule has 2 atom stereocenters. The Bertz CT molecular complexity index is 338. The van der Waals surface area contributed by atoms with Crippen molar-refractivity contribution in [2.24, 2.45) is 0 Å². The molecule has 0 amide bonds. The summed E-state index contributed by atoms with van der Waals surface area (Å²) in [7, 11) is 0. The van der Waals surface area contributed by atoms with Gasteiger partial charge >= 0.3 is 0 Å². The van der Waals surface area contributed by atoms with Crippen LogP contribution in [-0.4, -0.2) is 16.6 Å². The maximum atomic E-state index is 6.14. The van der Waals surface area contributed by atoms with E-state index in [1.165, 1.54) is 44.1 Å². The SMILES string of the molecule is IC1CCCCCCC1OCCCc1ccccc1. The van der Waals surface area contributed by atoms with Crippen molar-refractivity contribution in [3.05, 3.63) is 35.9 Å². The van der Waals surface area contributed by atoms with Gasteiger partial charge in [0.1, 0.15) is 0 Å². The van der Waals surface area contributed by atoms with Crippen molar-refractivity contribution in [3.8, 4) is 0 Å². The summed E-state index contributed by atoms with van der Waals surface area (Å²) in [6, 6.07) is 10.7. The second kappa shape index (κ2) is 8.96. The lowest BCUT2D eigenvalue weighted by Gasteiger charge is -2.25. The Morgan fingerprint density at radius 3 is 2.53 bits per heavy atom. The summed E-state index contributed by atoms with van der Waals surface area (Å²) in [4.78, 5) is 0. The van der Waals surface area contributed by atoms with Gasteiger partial charge in [0, 0.05) is 10.5 Å². The largest absolute Gasteiger partial charge is 0.377 e. The minimum Gasteiger partial charge on any atom is -0.377 e. The summed E-state index contributed by atoms with van der Waals surface area (Å²) >= 11 is 2.60. The van der Waals surface area contributed by atoms with Crippen LogP contribution in [0.1, 0.15) is 50.5 Å². The third-order valence-corrected chi connectivity index (χ3v) is 5.33. The van der Waals surface area contributed by atoms with Gasteiger partial charge in [-0.1, -0.05) is 78.6 Å². The van der Waals surface area contributed by atoms with E-state index >= 15 is 0 Å². The van der Waals surface area contributed by atoms with Crippen molar-refractivity contribution >= 4 is 22.6 Å². The van der Waals surface area contributed by atoms with Gasteiger partial charge in [-0.15, -0.1) is 0 Å². The molecule has 1 aliphatic carbocycles. The van der Waals surface area contributed by atoms with E-state index in [1.54, 1.807) is 0 Å². The third kappa shape index (κ3) is 5.82. The lowest BCUT2D eigenvalue weighted by atomic mass is 9.98. The molecule has 0 aliphatic heterocycles. The van der Waals surface area contributed by atoms with Gasteiger partial charge in [-0.25, -0.2) is 0 Å². The normalized spacial score (nSPS) is 24.7. The molecule has 0 saturated heterocycles. The lowest BCUT2D eigenvalue weighted by Crippen LogP contribution is -2.26. The van der Waals surface area contributed by atoms with Gasteiger partial charge in [-0.3, -0.25) is 0 Å². The Morgan fingerprint density at radius 1 is 1.00 bits per heavy atom. The molecule has 2 heteroatoms. The van der Waals surface area contributed by atoms with Crippen LogP contribution in [0.4, 0.5) is 0 Å². The van der Waals surface area contributed by atoms with E-state index in [-0.39, 0.29) is 0 Å². The average molecular weight is 372 g/mol. The van der Waals surface area contributed by atoms with Crippen molar-refractivity contribution in [2.45, 2.75) is 61.4 Å². The molecule has 1 aromatic carbocycles. The summed E-state index contributed by atoms with van der Waals surface area (Å²) in [5, 5.41) is 0. The van der Waals surface area contributed by atoms with Crippen LogP contribution in [0.15, 0.2) is 30.3 Å². The Kier molecular flexibility index (Phi) is 7.21. The zero-order chi connectivity index (χ0) is 13.3. The van der Waals surface area contributed by atoms with E-state index in [0.29, 0.717) is 6.10 Å². The first-order valence-corrected chi connectivity index (χ1v) is 8.90. The standard InChI is InChI=1S/C17H25IO/c18-16-12-6-1-2-7-13-17(16)19-14-8-11-15-9-4-3-5-10-15/h3-5,9-10,16-17H,1-2,6-8,11-14H2. The topological polar surface area (TPSA) is 9.23 Å². The minimum atomic E-state index is 0.497. The van der Waals surface area contributed by atoms with Crippen molar-refractivity contribution in [3.63, 3.8) is 0 Å². The van der Waals surface area contributed by atoms with E-state index in [1.807, 2.05) is 0 Å². The van der Waals surface area contributed by atoms with Crippen molar-refractivity contribution in [1.82, 2.24) is 0 Å². The molecule has 0 spiro atoms. The highest BCUT2D eigenvalue weighted by molar-refractivity contribution is 14.1. The first-order chi connectivity index (χ1) is 9.36. The van der Waals surface area contributed by atoms with Crippen LogP contribution < -0.4 is 0 Å². The molecule has 0 radical (unpaired) electrons. The highest BCUT2D eigenvalue weighted by Crippen LogP contribution is 2.25. The smallest absolute Gasteiger partial charge is 0.0692 e. The fraction of sp³-hybridized carbons (Fsp3) is 0.647. The molecule has 1 aliphatic rings. The number of rotatable bonds is 5. The van der Waals surface area contributed by atoms with Gasteiger partial charge in [-0.05, 0) is 31.2 Å². The molecular formula is C17H25IO. The summed E-state index contributed by atoms with van der Waals surface area (Å²) in [6.07, 6.45) is 10.9. The molecule has 1 nitrogen and oxygen atoms in total. The summed E-state index contributed by atoms with van der Waals surface area (Å²) < 4.78 is 6.86. The van der Waals surface area contributed by atoms with Crippen LogP contribution in [0.2, 0.25) is 0 Å². The highest BCUT2D eigenvalue weighted by Gasteiger charge is 2.20. The molecule has 106 valence electrons. The molecule has 1 aromatic rings. The number of ether oxygens (including phenoxy) is 1. The van der Waals surface area contributed by atoms with Crippen LogP contribution in [0.25, 0.3) is 0 Å². The van der Waals surface area contributed by atoms with Gasteiger partial charge in [0.15, 0.2) is 0 Å². The molecule has 2 rings (SSSR count). The minimum absolute atomic E-state index is 0.497. The zero-order valence-corrected chi connectivity index (χ0v) is 13.8. The first-order valence-electron chi connectivity index (χ1n) is 7.66. The van der Waals surface area contributed by atoms with Crippen LogP contribution in [0, 0.1) is 0 Å². The molecule has 0 N–H and O–H groups in total. The second-order valence-corrected chi connectivity index (χ2v) is 7.11. The van der Waals surface area contributed by atoms with E-state index < -0.39 is 0 Å². The van der Waals surface area contributed by atoms with Crippen molar-refractivity contribution in [1.29, 1.82) is 0 Å². The van der Waals surface area contributed by atoms with Gasteiger partial charge < -0.3 is 4.74 Å². The summed E-state index contributed by atoms with van der Waals surface area (Å²) in [5.74, 6) is 0. The van der Waals surface area contributed by atoms with E-state index in [4.69, 9.17) is 4.74 Å². The Labute approximate surface area is 131 Å². The third-order valence-electron chi connectivity index (χ3n) is 3.91. The zero-order valence-electron chi connectivity index (χ0n) is 11.7. The highest BCUT2D eigenvalue weighted by atomic mass is 127. The Morgan fingerprint density at radius 2 is 1.74 bits per heavy atom. The van der Waals surface area contributed by atoms with Gasteiger partial charge in [0.05, 0.1) is 6.10 Å². The second-order valence-electron chi connectivity index (χ2n) is 5.51. The monoisotopic (exact) mass is 372 g/mol. The van der Waals surface area contributed by atoms with Gasteiger partial charge in [0.2, 0.25) is 0 Å². The molecular weight excluding hydrogens is 347 g/mol. The Balaban J connectivity index is 1.66. The number of aryl methyl sites for hydroxylation is 1. The predicted molar refractivity (Wildman–Crippen MR) is 90.0 cm³/mol. The summed E-state index contributed by atoms with van der Waals surface area (Å²) in [6.45, 7) is 0.916. The van der Waals surface area contributed by atoms with Crippen molar-refractivity contribution < 1.29 is 4.74 Å². The average Bonchev–Trinajstić information content (AvgIpc) is 2.43. The van der Waals surface area contributed by atoms with E-state index in [0.717, 1.165) is 23.4 Å². The van der Waals surface area contributed by atoms with Crippen LogP contribution in [-0.2, 0) is 11.2 Å². The van der Waals surface area contributed by atoms with Crippen molar-refractivity contribution in [2.75, 3.05) is 6.61 Å². The van der Waals surface area contributed by atoms with E-state index in [2.05, 4.69) is 52.9 Å². The van der Waals surface area contributed by atoms with E-state index in [9.17, 15) is 0 Å². The number of hydrogen-bond donors (Lipinski definition) is 0. The fourth-order valence-electron chi connectivity index (χ4n) is 2.75. The molecule has 0 bridgehead atoms. The fourth-order valence-corrected chi connectivity index (χ4v) is 3.76. The molecule has 0 aromatic heterocycles. The Hall–Kier alpha value is -0.0900. The van der Waals surface area contributed by atoms with Crippen LogP contribution in [0.5, 0.6) is 0 Å². The van der Waals surface area contributed by atoms with Gasteiger partial charge in [-0.2, -0.15) is 0 Å². The maximum absolute atomic E-state index is 6.14. The molecule has 1 saturated carbocycles. The number of hydrogen-bond acceptors (Lipinski definition) is 1. The number of halogens is 1. The van der Waals surface area contributed by atoms with Crippen LogP contribution in [0.3, 0.4) is 0 Å². The number of benzene rings is 1. The maximum Gasteiger partial charge on any atom is 0.0692 e. The summed E-state index contributed by atoms with van der Waals surface area (Å²) in [5.41, 5.74) is 1.43.